The summed E-state index contributed by atoms with van der Waals surface area (Å²) in [6.45, 7) is 2.38. The van der Waals surface area contributed by atoms with Crippen LogP contribution >= 0.6 is 0 Å². The van der Waals surface area contributed by atoms with Crippen molar-refractivity contribution in [3.05, 3.63) is 35.6 Å². The largest absolute Gasteiger partial charge is 0.340 e. The van der Waals surface area contributed by atoms with Crippen LogP contribution < -0.4 is 10.9 Å². The summed E-state index contributed by atoms with van der Waals surface area (Å²) >= 11 is 0. The van der Waals surface area contributed by atoms with Crippen molar-refractivity contribution in [1.29, 1.82) is 0 Å². The zero-order valence-corrected chi connectivity index (χ0v) is 15.5. The van der Waals surface area contributed by atoms with Gasteiger partial charge in [0.05, 0.1) is 0 Å². The van der Waals surface area contributed by atoms with Crippen LogP contribution in [0.5, 0.6) is 0 Å². The summed E-state index contributed by atoms with van der Waals surface area (Å²) in [5.41, 5.74) is 7.27. The number of nitrogens with zero attached hydrogens (tertiary/aromatic N) is 2. The van der Waals surface area contributed by atoms with Gasteiger partial charge in [-0.1, -0.05) is 24.6 Å². The van der Waals surface area contributed by atoms with Crippen molar-refractivity contribution in [2.45, 2.75) is 56.8 Å². The first kappa shape index (κ1) is 17.9. The smallest absolute Gasteiger partial charge is 0.241 e. The number of halogens is 1. The number of carbonyl (C=O) groups is 1. The minimum Gasteiger partial charge on any atom is -0.340 e. The number of carbonyl (C=O) groups excluding carboxylic acids is 1. The van der Waals surface area contributed by atoms with Gasteiger partial charge in [0.15, 0.2) is 0 Å². The van der Waals surface area contributed by atoms with E-state index in [0.717, 1.165) is 44.3 Å². The van der Waals surface area contributed by atoms with Gasteiger partial charge in [-0.15, -0.1) is 0 Å². The Morgan fingerprint density at radius 3 is 2.92 bits per heavy atom. The fourth-order valence-corrected chi connectivity index (χ4v) is 4.87. The predicted octanol–water partition coefficient (Wildman–Crippen LogP) is 1.89. The van der Waals surface area contributed by atoms with Crippen LogP contribution in [0.2, 0.25) is 0 Å². The van der Waals surface area contributed by atoms with Gasteiger partial charge in [0.1, 0.15) is 11.9 Å². The van der Waals surface area contributed by atoms with Crippen LogP contribution in [-0.4, -0.2) is 54.0 Å². The standard InChI is InChI=1S/C20H29FN4O/c1-24(20(26)19-16-8-4-10-18(16)22-23-19)15-7-5-11-25(13-15)12-14-6-2-3-9-17(14)21/h2-3,6,9,15-16,18-19,22-23H,4-5,7-8,10-13H2,1H3. The summed E-state index contributed by atoms with van der Waals surface area (Å²) < 4.78 is 14.0. The fourth-order valence-electron chi connectivity index (χ4n) is 4.87. The summed E-state index contributed by atoms with van der Waals surface area (Å²) in [5.74, 6) is 0.472. The average Bonchev–Trinajstić information content (AvgIpc) is 3.26. The molecule has 26 heavy (non-hydrogen) atoms. The Bertz CT molecular complexity index is 654. The van der Waals surface area contributed by atoms with Crippen molar-refractivity contribution >= 4 is 5.91 Å². The number of nitrogens with one attached hydrogen (secondary N) is 2. The number of fused-ring (bicyclic) bond motifs is 1. The maximum Gasteiger partial charge on any atom is 0.241 e. The van der Waals surface area contributed by atoms with Crippen LogP contribution in [-0.2, 0) is 11.3 Å². The first-order valence-electron chi connectivity index (χ1n) is 9.87. The fraction of sp³-hybridized carbons (Fsp3) is 0.650. The molecule has 3 fully saturated rings. The number of likely N-dealkylation sites (tertiary alicyclic amines) is 1. The number of amides is 1. The van der Waals surface area contributed by atoms with Crippen molar-refractivity contribution in [2.24, 2.45) is 5.92 Å². The molecule has 142 valence electrons. The molecule has 0 radical (unpaired) electrons. The maximum absolute atomic E-state index is 14.0. The zero-order valence-electron chi connectivity index (χ0n) is 15.5. The monoisotopic (exact) mass is 360 g/mol. The molecule has 6 heteroatoms. The molecule has 0 spiro atoms. The molecule has 1 amide bonds. The maximum atomic E-state index is 14.0. The lowest BCUT2D eigenvalue weighted by atomic mass is 9.95. The summed E-state index contributed by atoms with van der Waals surface area (Å²) in [4.78, 5) is 17.3. The van der Waals surface area contributed by atoms with Crippen LogP contribution in [0, 0.1) is 11.7 Å². The molecule has 2 aliphatic heterocycles. The van der Waals surface area contributed by atoms with Gasteiger partial charge in [-0.25, -0.2) is 9.82 Å². The van der Waals surface area contributed by atoms with E-state index in [1.165, 1.54) is 12.5 Å². The van der Waals surface area contributed by atoms with Crippen LogP contribution in [0.1, 0.15) is 37.7 Å². The minimum atomic E-state index is -0.146. The lowest BCUT2D eigenvalue weighted by molar-refractivity contribution is -0.136. The number of likely N-dealkylation sites (N-methyl/N-ethyl adjacent to an activating group) is 1. The van der Waals surface area contributed by atoms with Crippen molar-refractivity contribution in [2.75, 3.05) is 20.1 Å². The Kier molecular flexibility index (Phi) is 5.25. The van der Waals surface area contributed by atoms with E-state index in [9.17, 15) is 9.18 Å². The number of hydrogen-bond acceptors (Lipinski definition) is 4. The van der Waals surface area contributed by atoms with Gasteiger partial charge in [0.25, 0.3) is 0 Å². The molecular formula is C20H29FN4O. The topological polar surface area (TPSA) is 47.6 Å². The molecule has 4 unspecified atom stereocenters. The molecule has 3 aliphatic rings. The van der Waals surface area contributed by atoms with Crippen molar-refractivity contribution < 1.29 is 9.18 Å². The van der Waals surface area contributed by atoms with Gasteiger partial charge in [-0.3, -0.25) is 15.1 Å². The number of piperidine rings is 1. The SMILES string of the molecule is CN(C(=O)C1NNC2CCCC21)C1CCCN(Cc2ccccc2F)C1. The molecule has 4 atom stereocenters. The highest BCUT2D eigenvalue weighted by molar-refractivity contribution is 5.82. The Balaban J connectivity index is 1.37. The van der Waals surface area contributed by atoms with Crippen molar-refractivity contribution in [1.82, 2.24) is 20.7 Å². The zero-order chi connectivity index (χ0) is 18.1. The normalized spacial score (nSPS) is 31.8. The van der Waals surface area contributed by atoms with Gasteiger partial charge in [0, 0.05) is 43.7 Å². The van der Waals surface area contributed by atoms with Crippen molar-refractivity contribution in [3.8, 4) is 0 Å². The molecule has 1 saturated carbocycles. The third-order valence-corrected chi connectivity index (χ3v) is 6.42. The number of hydrogen-bond donors (Lipinski definition) is 2. The molecule has 1 aliphatic carbocycles. The Morgan fingerprint density at radius 2 is 2.08 bits per heavy atom. The molecule has 2 N–H and O–H groups in total. The average molecular weight is 360 g/mol. The summed E-state index contributed by atoms with van der Waals surface area (Å²) in [7, 11) is 1.93. The van der Waals surface area contributed by atoms with Crippen LogP contribution in [0.4, 0.5) is 4.39 Å². The lowest BCUT2D eigenvalue weighted by Gasteiger charge is -2.39. The molecule has 2 heterocycles. The quantitative estimate of drug-likeness (QED) is 0.861. The first-order valence-corrected chi connectivity index (χ1v) is 9.87. The second kappa shape index (κ2) is 7.62. The summed E-state index contributed by atoms with van der Waals surface area (Å²) in [6, 6.07) is 7.52. The van der Waals surface area contributed by atoms with E-state index in [1.54, 1.807) is 6.07 Å². The lowest BCUT2D eigenvalue weighted by Crippen LogP contribution is -2.54. The Morgan fingerprint density at radius 1 is 1.23 bits per heavy atom. The molecule has 0 bridgehead atoms. The van der Waals surface area contributed by atoms with Crippen LogP contribution in [0.25, 0.3) is 0 Å². The van der Waals surface area contributed by atoms with E-state index >= 15 is 0 Å². The van der Waals surface area contributed by atoms with Crippen LogP contribution in [0.3, 0.4) is 0 Å². The highest BCUT2D eigenvalue weighted by atomic mass is 19.1. The summed E-state index contributed by atoms with van der Waals surface area (Å²) in [5, 5.41) is 0. The third kappa shape index (κ3) is 3.50. The third-order valence-electron chi connectivity index (χ3n) is 6.42. The minimum absolute atomic E-state index is 0.102. The molecule has 5 nitrogen and oxygen atoms in total. The van der Waals surface area contributed by atoms with E-state index in [4.69, 9.17) is 0 Å². The van der Waals surface area contributed by atoms with E-state index < -0.39 is 0 Å². The van der Waals surface area contributed by atoms with Gasteiger partial charge >= 0.3 is 0 Å². The van der Waals surface area contributed by atoms with E-state index in [-0.39, 0.29) is 23.8 Å². The van der Waals surface area contributed by atoms with Gasteiger partial charge in [-0.2, -0.15) is 0 Å². The second-order valence-electron chi connectivity index (χ2n) is 8.04. The molecule has 4 rings (SSSR count). The van der Waals surface area contributed by atoms with E-state index in [1.807, 2.05) is 24.1 Å². The Hall–Kier alpha value is -1.50. The summed E-state index contributed by atoms with van der Waals surface area (Å²) in [6.07, 6.45) is 5.55. The predicted molar refractivity (Wildman–Crippen MR) is 98.7 cm³/mol. The molecule has 1 aromatic carbocycles. The Labute approximate surface area is 154 Å². The molecule has 1 aromatic rings. The second-order valence-corrected chi connectivity index (χ2v) is 8.04. The van der Waals surface area contributed by atoms with E-state index in [0.29, 0.717) is 18.5 Å². The molecular weight excluding hydrogens is 331 g/mol. The van der Waals surface area contributed by atoms with Gasteiger partial charge in [0.2, 0.25) is 5.91 Å². The molecule has 0 aromatic heterocycles. The number of benzene rings is 1. The highest BCUT2D eigenvalue weighted by Crippen LogP contribution is 2.32. The van der Waals surface area contributed by atoms with Gasteiger partial charge in [-0.05, 0) is 38.3 Å². The molecule has 2 saturated heterocycles. The van der Waals surface area contributed by atoms with Crippen molar-refractivity contribution in [3.63, 3.8) is 0 Å². The number of rotatable bonds is 4. The first-order chi connectivity index (χ1) is 12.6. The van der Waals surface area contributed by atoms with Gasteiger partial charge < -0.3 is 4.90 Å². The number of hydrazine groups is 1. The highest BCUT2D eigenvalue weighted by Gasteiger charge is 2.44. The van der Waals surface area contributed by atoms with Crippen LogP contribution in [0.15, 0.2) is 24.3 Å². The van der Waals surface area contributed by atoms with E-state index in [2.05, 4.69) is 15.8 Å².